The van der Waals surface area contributed by atoms with Gasteiger partial charge in [-0.15, -0.1) is 0 Å². The fourth-order valence-corrected chi connectivity index (χ4v) is 2.22. The van der Waals surface area contributed by atoms with Crippen LogP contribution < -0.4 is 16.4 Å². The van der Waals surface area contributed by atoms with E-state index in [-0.39, 0.29) is 18.2 Å². The molecule has 0 saturated carbocycles. The number of hydrogen-bond acceptors (Lipinski definition) is 5. The largest absolute Gasteiger partial charge is 0.453 e. The Morgan fingerprint density at radius 1 is 1.04 bits per heavy atom. The molecular weight excluding hydrogens is 298 g/mol. The van der Waals surface area contributed by atoms with E-state index >= 15 is 0 Å². The Bertz CT molecular complexity index is 372. The quantitative estimate of drug-likeness (QED) is 0.442. The van der Waals surface area contributed by atoms with Crippen LogP contribution in [0, 0.1) is 5.92 Å². The highest BCUT2D eigenvalue weighted by Crippen LogP contribution is 2.06. The zero-order chi connectivity index (χ0) is 17.7. The van der Waals surface area contributed by atoms with Crippen molar-refractivity contribution in [3.63, 3.8) is 0 Å². The second-order valence-corrected chi connectivity index (χ2v) is 5.98. The first kappa shape index (κ1) is 21.4. The van der Waals surface area contributed by atoms with Crippen LogP contribution in [-0.2, 0) is 14.3 Å². The van der Waals surface area contributed by atoms with Crippen LogP contribution in [-0.4, -0.2) is 44.0 Å². The number of hydrogen-bond donors (Lipinski definition) is 3. The molecule has 0 radical (unpaired) electrons. The molecule has 0 rings (SSSR count). The highest BCUT2D eigenvalue weighted by molar-refractivity contribution is 5.83. The van der Waals surface area contributed by atoms with Gasteiger partial charge >= 0.3 is 6.09 Å². The maximum Gasteiger partial charge on any atom is 0.406 e. The topological polar surface area (TPSA) is 111 Å². The minimum Gasteiger partial charge on any atom is -0.453 e. The molecule has 7 heteroatoms. The number of methoxy groups -OCH3 is 1. The van der Waals surface area contributed by atoms with E-state index < -0.39 is 18.0 Å². The Labute approximate surface area is 138 Å². The summed E-state index contributed by atoms with van der Waals surface area (Å²) in [6.07, 6.45) is 4.86. The fourth-order valence-electron chi connectivity index (χ4n) is 2.22. The normalized spacial score (nSPS) is 12.0. The third-order valence-electron chi connectivity index (χ3n) is 3.58. The first-order valence-electron chi connectivity index (χ1n) is 8.24. The van der Waals surface area contributed by atoms with Gasteiger partial charge in [-0.2, -0.15) is 0 Å². The van der Waals surface area contributed by atoms with Crippen molar-refractivity contribution in [2.24, 2.45) is 11.7 Å². The summed E-state index contributed by atoms with van der Waals surface area (Å²) in [6, 6.07) is -0.457. The highest BCUT2D eigenvalue weighted by atomic mass is 16.5. The number of unbranched alkanes of at least 4 members (excludes halogenated alkanes) is 4. The summed E-state index contributed by atoms with van der Waals surface area (Å²) < 4.78 is 4.47. The lowest BCUT2D eigenvalue weighted by atomic mass is 10.0. The predicted octanol–water partition coefficient (Wildman–Crippen LogP) is 1.35. The zero-order valence-electron chi connectivity index (χ0n) is 14.5. The molecule has 0 saturated heterocycles. The van der Waals surface area contributed by atoms with E-state index in [9.17, 15) is 14.4 Å². The Balaban J connectivity index is 3.57. The van der Waals surface area contributed by atoms with Gasteiger partial charge in [0.05, 0.1) is 19.7 Å². The van der Waals surface area contributed by atoms with Gasteiger partial charge in [-0.25, -0.2) is 4.79 Å². The van der Waals surface area contributed by atoms with Gasteiger partial charge in [0.15, 0.2) is 0 Å². The molecule has 0 fully saturated rings. The molecule has 0 aliphatic carbocycles. The molecule has 0 aromatic carbocycles. The van der Waals surface area contributed by atoms with Crippen molar-refractivity contribution in [2.45, 2.75) is 58.4 Å². The molecule has 0 unspecified atom stereocenters. The van der Waals surface area contributed by atoms with E-state index in [1.165, 1.54) is 7.11 Å². The SMILES string of the molecule is COC(=O)NCCCCCCCC(=O)CN[C@H](C(N)=O)C(C)C. The van der Waals surface area contributed by atoms with Gasteiger partial charge in [0, 0.05) is 13.0 Å². The molecule has 7 nitrogen and oxygen atoms in total. The molecular formula is C16H31N3O4. The zero-order valence-corrected chi connectivity index (χ0v) is 14.5. The first-order valence-corrected chi connectivity index (χ1v) is 8.24. The fraction of sp³-hybridized carbons (Fsp3) is 0.812. The lowest BCUT2D eigenvalue weighted by Gasteiger charge is -2.18. The number of alkyl carbamates (subject to hydrolysis) is 1. The van der Waals surface area contributed by atoms with Crippen LogP contribution in [0.15, 0.2) is 0 Å². The lowest BCUT2D eigenvalue weighted by molar-refractivity contribution is -0.121. The second-order valence-electron chi connectivity index (χ2n) is 5.98. The van der Waals surface area contributed by atoms with Crippen LogP contribution >= 0.6 is 0 Å². The molecule has 0 spiro atoms. The average Bonchev–Trinajstić information content (AvgIpc) is 2.48. The Hall–Kier alpha value is -1.63. The van der Waals surface area contributed by atoms with Crippen molar-refractivity contribution in [3.05, 3.63) is 0 Å². The van der Waals surface area contributed by atoms with Crippen LogP contribution in [0.4, 0.5) is 4.79 Å². The van der Waals surface area contributed by atoms with Crippen molar-refractivity contribution in [1.29, 1.82) is 0 Å². The third kappa shape index (κ3) is 11.6. The van der Waals surface area contributed by atoms with Crippen LogP contribution in [0.25, 0.3) is 0 Å². The molecule has 4 N–H and O–H groups in total. The average molecular weight is 329 g/mol. The van der Waals surface area contributed by atoms with Crippen LogP contribution in [0.3, 0.4) is 0 Å². The number of primary amides is 1. The maximum atomic E-state index is 11.8. The molecule has 23 heavy (non-hydrogen) atoms. The molecule has 2 amide bonds. The lowest BCUT2D eigenvalue weighted by Crippen LogP contribution is -2.46. The van der Waals surface area contributed by atoms with E-state index in [0.29, 0.717) is 13.0 Å². The molecule has 0 aromatic rings. The minimum atomic E-state index is -0.457. The summed E-state index contributed by atoms with van der Waals surface area (Å²) in [7, 11) is 1.34. The van der Waals surface area contributed by atoms with Gasteiger partial charge < -0.3 is 15.8 Å². The summed E-state index contributed by atoms with van der Waals surface area (Å²) >= 11 is 0. The smallest absolute Gasteiger partial charge is 0.406 e. The van der Waals surface area contributed by atoms with Gasteiger partial charge in [0.2, 0.25) is 5.91 Å². The first-order chi connectivity index (χ1) is 10.9. The molecule has 134 valence electrons. The summed E-state index contributed by atoms with van der Waals surface area (Å²) in [5, 5.41) is 5.55. The van der Waals surface area contributed by atoms with Crippen molar-refractivity contribution in [1.82, 2.24) is 10.6 Å². The molecule has 1 atom stereocenters. The number of nitrogens with two attached hydrogens (primary N) is 1. The number of amides is 2. The number of nitrogens with one attached hydrogen (secondary N) is 2. The molecule has 0 aliphatic rings. The van der Waals surface area contributed by atoms with E-state index in [1.54, 1.807) is 0 Å². The summed E-state index contributed by atoms with van der Waals surface area (Å²) in [6.45, 7) is 4.58. The minimum absolute atomic E-state index is 0.0684. The third-order valence-corrected chi connectivity index (χ3v) is 3.58. The second kappa shape index (κ2) is 12.9. The maximum absolute atomic E-state index is 11.8. The van der Waals surface area contributed by atoms with Crippen molar-refractivity contribution >= 4 is 17.8 Å². The van der Waals surface area contributed by atoms with E-state index in [0.717, 1.165) is 32.1 Å². The van der Waals surface area contributed by atoms with Crippen molar-refractivity contribution < 1.29 is 19.1 Å². The Morgan fingerprint density at radius 2 is 1.65 bits per heavy atom. The van der Waals surface area contributed by atoms with Gasteiger partial charge in [-0.05, 0) is 18.8 Å². The number of ketones is 1. The molecule has 0 bridgehead atoms. The molecule has 0 aliphatic heterocycles. The van der Waals surface area contributed by atoms with Gasteiger partial charge in [-0.1, -0.05) is 33.1 Å². The number of carbonyl (C=O) groups excluding carboxylic acids is 3. The van der Waals surface area contributed by atoms with Crippen LogP contribution in [0.1, 0.15) is 52.4 Å². The van der Waals surface area contributed by atoms with Gasteiger partial charge in [0.1, 0.15) is 5.78 Å². The standard InChI is InChI=1S/C16H31N3O4/c1-12(2)14(15(17)21)19-11-13(20)9-7-5-4-6-8-10-18-16(22)23-3/h12,14,19H,4-11H2,1-3H3,(H2,17,21)(H,18,22)/t14-/m0/s1. The Morgan fingerprint density at radius 3 is 2.22 bits per heavy atom. The van der Waals surface area contributed by atoms with Crippen molar-refractivity contribution in [3.8, 4) is 0 Å². The number of rotatable bonds is 13. The number of Topliss-reactive ketones (excluding diaryl/α,β-unsaturated/α-hetero) is 1. The van der Waals surface area contributed by atoms with Crippen LogP contribution in [0.2, 0.25) is 0 Å². The number of ether oxygens (including phenoxy) is 1. The monoisotopic (exact) mass is 329 g/mol. The number of carbonyl (C=O) groups is 3. The summed E-state index contributed by atoms with van der Waals surface area (Å²) in [4.78, 5) is 33.8. The van der Waals surface area contributed by atoms with Gasteiger partial charge in [0.25, 0.3) is 0 Å². The van der Waals surface area contributed by atoms with E-state index in [1.807, 2.05) is 13.8 Å². The van der Waals surface area contributed by atoms with Gasteiger partial charge in [-0.3, -0.25) is 14.9 Å². The van der Waals surface area contributed by atoms with E-state index in [4.69, 9.17) is 5.73 Å². The Kier molecular flexibility index (Phi) is 12.0. The predicted molar refractivity (Wildman–Crippen MR) is 88.9 cm³/mol. The van der Waals surface area contributed by atoms with E-state index in [2.05, 4.69) is 15.4 Å². The highest BCUT2D eigenvalue weighted by Gasteiger charge is 2.19. The summed E-state index contributed by atoms with van der Waals surface area (Å²) in [5.74, 6) is -0.253. The molecule has 0 heterocycles. The molecule has 0 aromatic heterocycles. The summed E-state index contributed by atoms with van der Waals surface area (Å²) in [5.41, 5.74) is 5.28. The van der Waals surface area contributed by atoms with Crippen molar-refractivity contribution in [2.75, 3.05) is 20.2 Å². The van der Waals surface area contributed by atoms with Crippen LogP contribution in [0.5, 0.6) is 0 Å².